The molecule has 3 aromatic rings. The number of carbonyl (C=O) groups excluding carboxylic acids is 2. The van der Waals surface area contributed by atoms with Crippen LogP contribution in [0.25, 0.3) is 0 Å². The number of aromatic hydroxyl groups is 1. The van der Waals surface area contributed by atoms with Gasteiger partial charge in [0, 0.05) is 18.2 Å². The smallest absolute Gasteiger partial charge is 0.331 e. The van der Waals surface area contributed by atoms with Crippen LogP contribution in [-0.2, 0) is 27.1 Å². The summed E-state index contributed by atoms with van der Waals surface area (Å²) in [4.78, 5) is 30.0. The Labute approximate surface area is 216 Å². The van der Waals surface area contributed by atoms with Gasteiger partial charge in [-0.25, -0.2) is 9.78 Å². The van der Waals surface area contributed by atoms with Gasteiger partial charge in [-0.1, -0.05) is 60.7 Å². The minimum atomic E-state index is -1.06. The molecule has 194 valence electrons. The predicted octanol–water partition coefficient (Wildman–Crippen LogP) is 3.57. The molecule has 37 heavy (non-hydrogen) atoms. The van der Waals surface area contributed by atoms with Crippen LogP contribution in [0.3, 0.4) is 0 Å². The number of aromatic nitrogens is 1. The summed E-state index contributed by atoms with van der Waals surface area (Å²) in [6.07, 6.45) is 2.40. The van der Waals surface area contributed by atoms with Crippen LogP contribution in [0.5, 0.6) is 11.5 Å². The maximum Gasteiger partial charge on any atom is 0.331 e. The van der Waals surface area contributed by atoms with Gasteiger partial charge in [-0.05, 0) is 36.8 Å². The lowest BCUT2D eigenvalue weighted by molar-refractivity contribution is -0.153. The quantitative estimate of drug-likeness (QED) is 0.474. The molecule has 2 aromatic carbocycles. The van der Waals surface area contributed by atoms with Crippen LogP contribution in [0.4, 0.5) is 0 Å². The molecular weight excluding hydrogens is 472 g/mol. The molecule has 0 unspecified atom stereocenters. The number of ether oxygens (including phenoxy) is 3. The van der Waals surface area contributed by atoms with Crippen molar-refractivity contribution in [2.45, 2.75) is 31.9 Å². The van der Waals surface area contributed by atoms with E-state index in [-0.39, 0.29) is 29.9 Å². The van der Waals surface area contributed by atoms with E-state index in [1.54, 1.807) is 0 Å². The summed E-state index contributed by atoms with van der Waals surface area (Å²) in [5.41, 5.74) is 2.08. The van der Waals surface area contributed by atoms with Crippen LogP contribution in [0.1, 0.15) is 28.5 Å². The predicted molar refractivity (Wildman–Crippen MR) is 137 cm³/mol. The molecule has 2 N–H and O–H groups in total. The van der Waals surface area contributed by atoms with E-state index in [0.29, 0.717) is 6.61 Å². The van der Waals surface area contributed by atoms with E-state index >= 15 is 0 Å². The van der Waals surface area contributed by atoms with Crippen LogP contribution < -0.4 is 10.1 Å². The van der Waals surface area contributed by atoms with Crippen molar-refractivity contribution in [3.8, 4) is 11.5 Å². The first kappa shape index (κ1) is 26.2. The third-order valence-corrected chi connectivity index (χ3v) is 6.69. The lowest BCUT2D eigenvalue weighted by atomic mass is 9.80. The van der Waals surface area contributed by atoms with Crippen LogP contribution >= 0.6 is 0 Å². The summed E-state index contributed by atoms with van der Waals surface area (Å²) >= 11 is 0. The molecule has 0 saturated carbocycles. The SMILES string of the molecule is COc1ccnc(C(=O)N[C@H]2COC[C@H](Cc3ccccc3)[C@@H](Cc3ccccc3)[C@@H](C)OC2=O)c1O. The van der Waals surface area contributed by atoms with E-state index in [1.807, 2.05) is 43.3 Å². The minimum Gasteiger partial charge on any atom is -0.503 e. The molecule has 1 aliphatic rings. The van der Waals surface area contributed by atoms with Crippen LogP contribution in [0, 0.1) is 11.8 Å². The van der Waals surface area contributed by atoms with Gasteiger partial charge in [0.25, 0.3) is 5.91 Å². The first-order chi connectivity index (χ1) is 18.0. The van der Waals surface area contributed by atoms with E-state index in [9.17, 15) is 14.7 Å². The Bertz CT molecular complexity index is 1190. The Morgan fingerprint density at radius 3 is 2.32 bits per heavy atom. The largest absolute Gasteiger partial charge is 0.503 e. The number of rotatable bonds is 7. The third kappa shape index (κ3) is 6.65. The van der Waals surface area contributed by atoms with Gasteiger partial charge >= 0.3 is 5.97 Å². The van der Waals surface area contributed by atoms with E-state index in [1.165, 1.54) is 24.9 Å². The zero-order valence-electron chi connectivity index (χ0n) is 21.0. The fourth-order valence-electron chi connectivity index (χ4n) is 4.71. The van der Waals surface area contributed by atoms with Gasteiger partial charge in [-0.2, -0.15) is 0 Å². The zero-order valence-corrected chi connectivity index (χ0v) is 21.0. The Balaban J connectivity index is 1.54. The Morgan fingerprint density at radius 1 is 1.03 bits per heavy atom. The molecule has 1 fully saturated rings. The second-order valence-corrected chi connectivity index (χ2v) is 9.22. The molecule has 0 aliphatic carbocycles. The molecule has 0 bridgehead atoms. The second-order valence-electron chi connectivity index (χ2n) is 9.22. The molecule has 4 rings (SSSR count). The van der Waals surface area contributed by atoms with Crippen molar-refractivity contribution >= 4 is 11.9 Å². The standard InChI is InChI=1S/C29H32N2O6/c1-19-23(16-21-11-7-4-8-12-21)22(15-20-9-5-3-6-10-20)17-36-18-24(29(34)37-19)31-28(33)26-27(32)25(35-2)13-14-30-26/h3-14,19,22-24,32H,15-18H2,1-2H3,(H,31,33)/t19-,22+,23+,24+/m1/s1. The lowest BCUT2D eigenvalue weighted by Crippen LogP contribution is -2.46. The molecule has 4 atom stereocenters. The fourth-order valence-corrected chi connectivity index (χ4v) is 4.71. The average Bonchev–Trinajstić information content (AvgIpc) is 2.95. The summed E-state index contributed by atoms with van der Waals surface area (Å²) in [7, 11) is 1.37. The molecule has 1 amide bonds. The molecular formula is C29H32N2O6. The Morgan fingerprint density at radius 2 is 1.68 bits per heavy atom. The number of amides is 1. The van der Waals surface area contributed by atoms with Crippen molar-refractivity contribution in [1.82, 2.24) is 10.3 Å². The highest BCUT2D eigenvalue weighted by Gasteiger charge is 2.35. The molecule has 0 radical (unpaired) electrons. The van der Waals surface area contributed by atoms with Crippen LogP contribution in [-0.4, -0.2) is 54.4 Å². The number of methoxy groups -OCH3 is 1. The number of pyridine rings is 1. The van der Waals surface area contributed by atoms with Crippen LogP contribution in [0.15, 0.2) is 72.9 Å². The molecule has 8 nitrogen and oxygen atoms in total. The zero-order chi connectivity index (χ0) is 26.2. The lowest BCUT2D eigenvalue weighted by Gasteiger charge is -2.31. The summed E-state index contributed by atoms with van der Waals surface area (Å²) < 4.78 is 17.0. The number of nitrogens with one attached hydrogen (secondary N) is 1. The summed E-state index contributed by atoms with van der Waals surface area (Å²) in [6.45, 7) is 2.22. The van der Waals surface area contributed by atoms with Gasteiger partial charge < -0.3 is 24.6 Å². The van der Waals surface area contributed by atoms with Crippen molar-refractivity contribution in [1.29, 1.82) is 0 Å². The van der Waals surface area contributed by atoms with Crippen molar-refractivity contribution in [2.24, 2.45) is 11.8 Å². The number of carbonyl (C=O) groups is 2. The maximum atomic E-state index is 13.1. The first-order valence-corrected chi connectivity index (χ1v) is 12.3. The van der Waals surface area contributed by atoms with E-state index in [0.717, 1.165) is 18.4 Å². The third-order valence-electron chi connectivity index (χ3n) is 6.69. The average molecular weight is 505 g/mol. The monoisotopic (exact) mass is 504 g/mol. The Kier molecular flexibility index (Phi) is 8.74. The van der Waals surface area contributed by atoms with Gasteiger partial charge in [0.2, 0.25) is 0 Å². The van der Waals surface area contributed by atoms with E-state index < -0.39 is 29.8 Å². The second kappa shape index (κ2) is 12.4. The van der Waals surface area contributed by atoms with Crippen molar-refractivity contribution in [3.63, 3.8) is 0 Å². The summed E-state index contributed by atoms with van der Waals surface area (Å²) in [6, 6.07) is 20.6. The first-order valence-electron chi connectivity index (χ1n) is 12.3. The molecule has 1 saturated heterocycles. The highest BCUT2D eigenvalue weighted by atomic mass is 16.6. The van der Waals surface area contributed by atoms with Gasteiger partial charge in [-0.15, -0.1) is 0 Å². The highest BCUT2D eigenvalue weighted by molar-refractivity contribution is 5.98. The van der Waals surface area contributed by atoms with Crippen molar-refractivity contribution < 1.29 is 28.9 Å². The fraction of sp³-hybridized carbons (Fsp3) is 0.345. The van der Waals surface area contributed by atoms with Crippen molar-refractivity contribution in [3.05, 3.63) is 89.7 Å². The number of esters is 1. The summed E-state index contributed by atoms with van der Waals surface area (Å²) in [5.74, 6) is -1.56. The molecule has 1 aromatic heterocycles. The number of cyclic esters (lactones) is 1. The number of benzene rings is 2. The van der Waals surface area contributed by atoms with Crippen LogP contribution in [0.2, 0.25) is 0 Å². The Hall–Kier alpha value is -3.91. The highest BCUT2D eigenvalue weighted by Crippen LogP contribution is 2.30. The van der Waals surface area contributed by atoms with E-state index in [2.05, 4.69) is 34.6 Å². The number of hydrogen-bond acceptors (Lipinski definition) is 7. The number of hydrogen-bond donors (Lipinski definition) is 2. The summed E-state index contributed by atoms with van der Waals surface area (Å²) in [5, 5.41) is 12.9. The van der Waals surface area contributed by atoms with E-state index in [4.69, 9.17) is 14.2 Å². The molecule has 2 heterocycles. The topological polar surface area (TPSA) is 107 Å². The van der Waals surface area contributed by atoms with Gasteiger partial charge in [0.15, 0.2) is 23.2 Å². The normalized spacial score (nSPS) is 22.2. The molecule has 0 spiro atoms. The minimum absolute atomic E-state index is 0.00916. The number of nitrogens with zero attached hydrogens (tertiary/aromatic N) is 1. The molecule has 1 aliphatic heterocycles. The maximum absolute atomic E-state index is 13.1. The van der Waals surface area contributed by atoms with Crippen molar-refractivity contribution in [2.75, 3.05) is 20.3 Å². The van der Waals surface area contributed by atoms with Gasteiger partial charge in [0.1, 0.15) is 6.10 Å². The van der Waals surface area contributed by atoms with Gasteiger partial charge in [-0.3, -0.25) is 4.79 Å². The molecule has 8 heteroatoms. The van der Waals surface area contributed by atoms with Gasteiger partial charge in [0.05, 0.1) is 20.3 Å².